The van der Waals surface area contributed by atoms with Gasteiger partial charge in [0, 0.05) is 12.5 Å². The van der Waals surface area contributed by atoms with Crippen molar-refractivity contribution >= 4 is 5.78 Å². The van der Waals surface area contributed by atoms with Crippen LogP contribution in [0.4, 0.5) is 0 Å². The summed E-state index contributed by atoms with van der Waals surface area (Å²) in [5, 5.41) is 0. The van der Waals surface area contributed by atoms with Crippen LogP contribution in [0.15, 0.2) is 0 Å². The summed E-state index contributed by atoms with van der Waals surface area (Å²) in [6.07, 6.45) is 8.48. The van der Waals surface area contributed by atoms with E-state index in [1.165, 1.54) is 45.2 Å². The molecular weight excluding hydrogens is 174 g/mol. The molecule has 78 valence electrons. The fourth-order valence-electron chi connectivity index (χ4n) is 3.68. The lowest BCUT2D eigenvalue weighted by Crippen LogP contribution is -2.62. The summed E-state index contributed by atoms with van der Waals surface area (Å²) in [6, 6.07) is 0. The molecule has 2 heterocycles. The van der Waals surface area contributed by atoms with Crippen molar-refractivity contribution in [1.82, 2.24) is 4.90 Å². The standard InChI is InChI=1S/C12H19NO/c14-11(10-4-1-2-5-10)12-6-3-8-13(12)9-7-12/h10H,1-9H2. The molecule has 2 saturated heterocycles. The minimum Gasteiger partial charge on any atom is -0.297 e. The summed E-state index contributed by atoms with van der Waals surface area (Å²) in [5.41, 5.74) is 0.0506. The number of ketones is 1. The summed E-state index contributed by atoms with van der Waals surface area (Å²) < 4.78 is 0. The van der Waals surface area contributed by atoms with Crippen LogP contribution in [0, 0.1) is 5.92 Å². The highest BCUT2D eigenvalue weighted by Gasteiger charge is 2.54. The smallest absolute Gasteiger partial charge is 0.156 e. The van der Waals surface area contributed by atoms with Gasteiger partial charge in [-0.25, -0.2) is 0 Å². The van der Waals surface area contributed by atoms with E-state index in [4.69, 9.17) is 0 Å². The Bertz CT molecular complexity index is 257. The highest BCUT2D eigenvalue weighted by Crippen LogP contribution is 2.44. The number of hydrogen-bond donors (Lipinski definition) is 0. The van der Waals surface area contributed by atoms with Crippen molar-refractivity contribution in [2.45, 2.75) is 50.5 Å². The molecule has 3 rings (SSSR count). The molecule has 2 aliphatic heterocycles. The third-order valence-corrected chi connectivity index (χ3v) is 4.60. The summed E-state index contributed by atoms with van der Waals surface area (Å²) in [4.78, 5) is 14.8. The molecule has 0 amide bonds. The van der Waals surface area contributed by atoms with Crippen LogP contribution >= 0.6 is 0 Å². The van der Waals surface area contributed by atoms with Crippen LogP contribution in [0.5, 0.6) is 0 Å². The van der Waals surface area contributed by atoms with Gasteiger partial charge in [-0.2, -0.15) is 0 Å². The van der Waals surface area contributed by atoms with Crippen LogP contribution < -0.4 is 0 Å². The maximum Gasteiger partial charge on any atom is 0.156 e. The van der Waals surface area contributed by atoms with Gasteiger partial charge in [0.05, 0.1) is 5.54 Å². The molecule has 1 saturated carbocycles. The monoisotopic (exact) mass is 193 g/mol. The first-order valence-electron chi connectivity index (χ1n) is 6.12. The zero-order valence-electron chi connectivity index (χ0n) is 8.80. The number of carbonyl (C=O) groups is 1. The van der Waals surface area contributed by atoms with Crippen molar-refractivity contribution in [2.75, 3.05) is 13.1 Å². The average molecular weight is 193 g/mol. The van der Waals surface area contributed by atoms with E-state index in [9.17, 15) is 4.79 Å². The van der Waals surface area contributed by atoms with Gasteiger partial charge < -0.3 is 0 Å². The van der Waals surface area contributed by atoms with E-state index in [1.807, 2.05) is 0 Å². The topological polar surface area (TPSA) is 20.3 Å². The quantitative estimate of drug-likeness (QED) is 0.668. The van der Waals surface area contributed by atoms with E-state index in [1.54, 1.807) is 0 Å². The second kappa shape index (κ2) is 3.06. The minimum absolute atomic E-state index is 0.0506. The molecule has 14 heavy (non-hydrogen) atoms. The Morgan fingerprint density at radius 2 is 1.86 bits per heavy atom. The highest BCUT2D eigenvalue weighted by atomic mass is 16.1. The van der Waals surface area contributed by atoms with E-state index in [2.05, 4.69) is 4.90 Å². The molecule has 0 radical (unpaired) electrons. The summed E-state index contributed by atoms with van der Waals surface area (Å²) >= 11 is 0. The molecule has 0 spiro atoms. The van der Waals surface area contributed by atoms with Gasteiger partial charge in [0.1, 0.15) is 0 Å². The van der Waals surface area contributed by atoms with E-state index in [-0.39, 0.29) is 5.54 Å². The summed E-state index contributed by atoms with van der Waals surface area (Å²) in [5.74, 6) is 1.04. The Labute approximate surface area is 85.7 Å². The Kier molecular flexibility index (Phi) is 1.94. The van der Waals surface area contributed by atoms with Crippen molar-refractivity contribution in [2.24, 2.45) is 5.92 Å². The molecule has 1 aliphatic carbocycles. The van der Waals surface area contributed by atoms with E-state index in [0.29, 0.717) is 11.7 Å². The molecule has 0 aromatic heterocycles. The van der Waals surface area contributed by atoms with Crippen LogP contribution in [0.25, 0.3) is 0 Å². The average Bonchev–Trinajstić information content (AvgIpc) is 2.75. The predicted molar refractivity (Wildman–Crippen MR) is 55.1 cm³/mol. The van der Waals surface area contributed by atoms with E-state index in [0.717, 1.165) is 12.8 Å². The van der Waals surface area contributed by atoms with Crippen LogP contribution in [0.2, 0.25) is 0 Å². The Hall–Kier alpha value is -0.370. The molecule has 1 atom stereocenters. The molecule has 3 aliphatic rings. The van der Waals surface area contributed by atoms with E-state index >= 15 is 0 Å². The second-order valence-electron chi connectivity index (χ2n) is 5.22. The zero-order valence-corrected chi connectivity index (χ0v) is 8.80. The van der Waals surface area contributed by atoms with Gasteiger partial charge in [-0.3, -0.25) is 9.69 Å². The predicted octanol–water partition coefficient (Wildman–Crippen LogP) is 1.98. The lowest BCUT2D eigenvalue weighted by atomic mass is 9.75. The number of rotatable bonds is 2. The van der Waals surface area contributed by atoms with Crippen molar-refractivity contribution in [1.29, 1.82) is 0 Å². The molecule has 0 aromatic carbocycles. The van der Waals surface area contributed by atoms with Gasteiger partial charge in [-0.05, 0) is 38.6 Å². The molecule has 1 unspecified atom stereocenters. The second-order valence-corrected chi connectivity index (χ2v) is 5.22. The first-order chi connectivity index (χ1) is 6.83. The molecular formula is C12H19NO. The third kappa shape index (κ3) is 1.04. The normalized spacial score (nSPS) is 38.3. The molecule has 0 N–H and O–H groups in total. The maximum absolute atomic E-state index is 12.4. The Morgan fingerprint density at radius 1 is 1.07 bits per heavy atom. The van der Waals surface area contributed by atoms with Crippen molar-refractivity contribution in [3.63, 3.8) is 0 Å². The SMILES string of the molecule is O=C(C1CCCC1)C12CCCN1CC2. The van der Waals surface area contributed by atoms with Crippen molar-refractivity contribution < 1.29 is 4.79 Å². The first kappa shape index (κ1) is 8.90. The van der Waals surface area contributed by atoms with Crippen LogP contribution in [-0.4, -0.2) is 29.3 Å². The van der Waals surface area contributed by atoms with Gasteiger partial charge in [-0.1, -0.05) is 12.8 Å². The number of hydrogen-bond acceptors (Lipinski definition) is 2. The summed E-state index contributed by atoms with van der Waals surface area (Å²) in [7, 11) is 0. The molecule has 2 heteroatoms. The van der Waals surface area contributed by atoms with Crippen molar-refractivity contribution in [3.05, 3.63) is 0 Å². The van der Waals surface area contributed by atoms with Crippen molar-refractivity contribution in [3.8, 4) is 0 Å². The molecule has 2 nitrogen and oxygen atoms in total. The fraction of sp³-hybridized carbons (Fsp3) is 0.917. The number of Topliss-reactive ketones (excluding diaryl/α,β-unsaturated/α-hetero) is 1. The van der Waals surface area contributed by atoms with Crippen LogP contribution in [0.1, 0.15) is 44.9 Å². The molecule has 0 bridgehead atoms. The minimum atomic E-state index is 0.0506. The third-order valence-electron chi connectivity index (χ3n) is 4.60. The van der Waals surface area contributed by atoms with Crippen LogP contribution in [0.3, 0.4) is 0 Å². The van der Waals surface area contributed by atoms with Gasteiger partial charge in [0.15, 0.2) is 5.78 Å². The van der Waals surface area contributed by atoms with Crippen LogP contribution in [-0.2, 0) is 4.79 Å². The van der Waals surface area contributed by atoms with Gasteiger partial charge in [0.2, 0.25) is 0 Å². The number of carbonyl (C=O) groups excluding carboxylic acids is 1. The molecule has 3 fully saturated rings. The summed E-state index contributed by atoms with van der Waals surface area (Å²) in [6.45, 7) is 2.36. The first-order valence-corrected chi connectivity index (χ1v) is 6.12. The zero-order chi connectivity index (χ0) is 9.60. The lowest BCUT2D eigenvalue weighted by Gasteiger charge is -2.48. The lowest BCUT2D eigenvalue weighted by molar-refractivity contribution is -0.140. The number of nitrogens with zero attached hydrogens (tertiary/aromatic N) is 1. The highest BCUT2D eigenvalue weighted by molar-refractivity contribution is 5.92. The van der Waals surface area contributed by atoms with Gasteiger partial charge in [0.25, 0.3) is 0 Å². The Morgan fingerprint density at radius 3 is 2.43 bits per heavy atom. The maximum atomic E-state index is 12.4. The molecule has 0 aromatic rings. The number of fused-ring (bicyclic) bond motifs is 1. The fourth-order valence-corrected chi connectivity index (χ4v) is 3.68. The van der Waals surface area contributed by atoms with Gasteiger partial charge in [-0.15, -0.1) is 0 Å². The van der Waals surface area contributed by atoms with Gasteiger partial charge >= 0.3 is 0 Å². The largest absolute Gasteiger partial charge is 0.297 e. The van der Waals surface area contributed by atoms with E-state index < -0.39 is 0 Å². The Balaban J connectivity index is 1.77.